The zero-order valence-corrected chi connectivity index (χ0v) is 58.7. The lowest BCUT2D eigenvalue weighted by Crippen LogP contribution is -2.43. The third kappa shape index (κ3) is 12.0. The Morgan fingerprint density at radius 1 is 0.295 bits per heavy atom. The number of carbonyl (C=O) groups excluding carboxylic acids is 1. The summed E-state index contributed by atoms with van der Waals surface area (Å²) in [4.78, 5) is 15.4. The highest BCUT2D eigenvalue weighted by Crippen LogP contribution is 2.58. The van der Waals surface area contributed by atoms with E-state index < -0.39 is 16.1 Å². The van der Waals surface area contributed by atoms with Crippen LogP contribution in [0.3, 0.4) is 0 Å². The fourth-order valence-electron chi connectivity index (χ4n) is 15.0. The van der Waals surface area contributed by atoms with E-state index in [1.165, 1.54) is 22.3 Å². The molecule has 0 N–H and O–H groups in total. The van der Waals surface area contributed by atoms with Gasteiger partial charge in [0.1, 0.15) is 24.3 Å². The normalized spacial score (nSPS) is 15.9. The molecule has 0 saturated carbocycles. The largest absolute Gasteiger partial charge is 0.289 e. The summed E-state index contributed by atoms with van der Waals surface area (Å²) in [6.07, 6.45) is 0. The molecular formula is C81H84OS4Si2. The summed E-state index contributed by atoms with van der Waals surface area (Å²) in [5.74, 6) is 11.8. The SMILES string of the molecule is CC(C)[Si](C#Cc1ccc(C2(c3ccc(-c4ccc(C5=C(c6ccccc6)C(=O)C(c6ccccc6)=C5c5ccc(-c6ccc(C7(c8ccc(C#C[Si](C(C)C)(C(C)C)C(C)C)cc8)SCCS7)cc6)cc5)cc4)cc3)SCCS2)cc1)(C(C)C)C(C)C. The van der Waals surface area contributed by atoms with Gasteiger partial charge in [-0.05, 0) is 124 Å². The topological polar surface area (TPSA) is 17.1 Å². The molecule has 11 rings (SSSR count). The number of allylic oxidation sites excluding steroid dienone is 4. The standard InChI is InChI=1S/C81H84OS4Si2/c1-55(2)87(56(3)4,57(5)6)53-47-61-23-39-71(40-24-61)80(83-49-50-84-80)73-43-35-65(36-44-73)63-27-31-69(32-28-63)75-76(78(68-21-17-14-18-22-68)79(82)77(75)67-19-15-13-16-20-67)70-33-29-64(30-34-70)66-37-45-74(46-38-66)81(85-51-52-86-81)72-41-25-62(26-42-72)48-54-88(58(7)8,59(9)10)60(11)12/h13-46,55-60H,49-52H2,1-12H3. The van der Waals surface area contributed by atoms with Crippen molar-refractivity contribution in [3.8, 4) is 45.2 Å². The molecule has 1 aliphatic carbocycles. The first-order chi connectivity index (χ1) is 42.4. The van der Waals surface area contributed by atoms with E-state index in [0.717, 1.165) is 101 Å². The van der Waals surface area contributed by atoms with Crippen LogP contribution in [0.4, 0.5) is 0 Å². The lowest BCUT2D eigenvalue weighted by Gasteiger charge is -2.38. The molecular weight excluding hydrogens is 1170 g/mol. The fourth-order valence-corrected chi connectivity index (χ4v) is 32.0. The predicted octanol–water partition coefficient (Wildman–Crippen LogP) is 22.6. The maximum atomic E-state index is 15.4. The summed E-state index contributed by atoms with van der Waals surface area (Å²) in [5.41, 5.74) is 30.8. The molecule has 1 nitrogen and oxygen atoms in total. The Kier molecular flexibility index (Phi) is 19.3. The minimum Gasteiger partial charge on any atom is -0.289 e. The molecule has 0 aromatic heterocycles. The Morgan fingerprint density at radius 3 is 0.784 bits per heavy atom. The Morgan fingerprint density at radius 2 is 0.523 bits per heavy atom. The summed E-state index contributed by atoms with van der Waals surface area (Å²) in [7, 11) is -3.67. The first-order valence-corrected chi connectivity index (χ1v) is 40.2. The van der Waals surface area contributed by atoms with Gasteiger partial charge in [0.15, 0.2) is 5.78 Å². The number of ketones is 1. The summed E-state index contributed by atoms with van der Waals surface area (Å²) < 4.78 is -0.355. The van der Waals surface area contributed by atoms with Crippen molar-refractivity contribution in [3.63, 3.8) is 0 Å². The average molecular weight is 1260 g/mol. The highest BCUT2D eigenvalue weighted by molar-refractivity contribution is 8.21. The van der Waals surface area contributed by atoms with Crippen LogP contribution in [0.5, 0.6) is 0 Å². The van der Waals surface area contributed by atoms with Crippen molar-refractivity contribution < 1.29 is 4.79 Å². The molecule has 2 heterocycles. The molecule has 0 amide bonds. The van der Waals surface area contributed by atoms with E-state index in [1.807, 2.05) is 83.4 Å². The van der Waals surface area contributed by atoms with Crippen LogP contribution in [-0.4, -0.2) is 44.9 Å². The maximum absolute atomic E-state index is 15.4. The van der Waals surface area contributed by atoms with Gasteiger partial charge >= 0.3 is 0 Å². The quantitative estimate of drug-likeness (QED) is 0.0706. The molecule has 0 bridgehead atoms. The molecule has 88 heavy (non-hydrogen) atoms. The van der Waals surface area contributed by atoms with E-state index in [2.05, 4.69) is 276 Å². The molecule has 8 aromatic carbocycles. The monoisotopic (exact) mass is 1260 g/mol. The zero-order chi connectivity index (χ0) is 62.0. The van der Waals surface area contributed by atoms with Gasteiger partial charge in [0.05, 0.1) is 0 Å². The number of Topliss-reactive ketones (excluding diaryl/α,β-unsaturated/α-hetero) is 1. The molecule has 7 heteroatoms. The molecule has 0 unspecified atom stereocenters. The number of hydrogen-bond donors (Lipinski definition) is 0. The summed E-state index contributed by atoms with van der Waals surface area (Å²) in [6.45, 7) is 28.6. The van der Waals surface area contributed by atoms with Crippen LogP contribution in [0.1, 0.15) is 139 Å². The van der Waals surface area contributed by atoms with Gasteiger partial charge in [-0.1, -0.05) is 277 Å². The third-order valence-electron chi connectivity index (χ3n) is 19.4. The van der Waals surface area contributed by atoms with Gasteiger partial charge in [-0.2, -0.15) is 0 Å². The summed E-state index contributed by atoms with van der Waals surface area (Å²) in [5, 5.41) is 0. The van der Waals surface area contributed by atoms with Gasteiger partial charge in [0, 0.05) is 56.4 Å². The second-order valence-electron chi connectivity index (χ2n) is 25.9. The summed E-state index contributed by atoms with van der Waals surface area (Å²) in [6, 6.07) is 75.2. The van der Waals surface area contributed by atoms with Crippen molar-refractivity contribution in [2.24, 2.45) is 0 Å². The van der Waals surface area contributed by atoms with E-state index in [0.29, 0.717) is 33.2 Å². The van der Waals surface area contributed by atoms with Crippen molar-refractivity contribution in [2.45, 2.75) is 124 Å². The smallest absolute Gasteiger partial charge is 0.195 e. The molecule has 446 valence electrons. The molecule has 0 radical (unpaired) electrons. The van der Waals surface area contributed by atoms with E-state index in [1.54, 1.807) is 0 Å². The number of rotatable bonds is 16. The Hall–Kier alpha value is -6.14. The number of benzene rings is 8. The van der Waals surface area contributed by atoms with Crippen LogP contribution in [0.15, 0.2) is 206 Å². The van der Waals surface area contributed by atoms with Crippen LogP contribution in [0, 0.1) is 22.9 Å². The van der Waals surface area contributed by atoms with Crippen LogP contribution in [-0.2, 0) is 13.0 Å². The van der Waals surface area contributed by atoms with E-state index >= 15 is 4.79 Å². The van der Waals surface area contributed by atoms with Crippen molar-refractivity contribution in [1.82, 2.24) is 0 Å². The fraction of sp³-hybridized carbons (Fsp3) is 0.296. The van der Waals surface area contributed by atoms with Gasteiger partial charge in [-0.25, -0.2) is 0 Å². The Balaban J connectivity index is 0.885. The first-order valence-electron chi connectivity index (χ1n) is 31.8. The van der Waals surface area contributed by atoms with E-state index in [9.17, 15) is 0 Å². The van der Waals surface area contributed by atoms with Gasteiger partial charge in [0.2, 0.25) is 0 Å². The third-order valence-corrected chi connectivity index (χ3v) is 39.0. The van der Waals surface area contributed by atoms with Crippen molar-refractivity contribution in [1.29, 1.82) is 0 Å². The average Bonchev–Trinajstić information content (AvgIpc) is 1.91. The first kappa shape index (κ1) is 63.4. The minimum absolute atomic E-state index is 0.0409. The van der Waals surface area contributed by atoms with Crippen LogP contribution >= 0.6 is 47.0 Å². The predicted molar refractivity (Wildman–Crippen MR) is 395 cm³/mol. The molecule has 2 fully saturated rings. The highest BCUT2D eigenvalue weighted by Gasteiger charge is 2.44. The van der Waals surface area contributed by atoms with Gasteiger partial charge in [-0.15, -0.1) is 58.1 Å². The van der Waals surface area contributed by atoms with Crippen LogP contribution < -0.4 is 0 Å². The molecule has 0 atom stereocenters. The van der Waals surface area contributed by atoms with Gasteiger partial charge in [0.25, 0.3) is 0 Å². The maximum Gasteiger partial charge on any atom is 0.195 e. The van der Waals surface area contributed by atoms with Crippen LogP contribution in [0.2, 0.25) is 33.2 Å². The molecule has 8 aromatic rings. The van der Waals surface area contributed by atoms with Crippen LogP contribution in [0.25, 0.3) is 44.5 Å². The summed E-state index contributed by atoms with van der Waals surface area (Å²) >= 11 is 8.17. The molecule has 3 aliphatic rings. The Bertz CT molecular complexity index is 3650. The number of hydrogen-bond acceptors (Lipinski definition) is 5. The van der Waals surface area contributed by atoms with Crippen molar-refractivity contribution in [3.05, 3.63) is 262 Å². The van der Waals surface area contributed by atoms with Gasteiger partial charge in [-0.3, -0.25) is 4.79 Å². The lowest BCUT2D eigenvalue weighted by molar-refractivity contribution is -0.108. The number of thioether (sulfide) groups is 4. The van der Waals surface area contributed by atoms with Gasteiger partial charge < -0.3 is 0 Å². The molecule has 0 spiro atoms. The highest BCUT2D eigenvalue weighted by atomic mass is 32.2. The zero-order valence-electron chi connectivity index (χ0n) is 53.5. The second-order valence-corrected chi connectivity index (χ2v) is 42.9. The molecule has 2 saturated heterocycles. The lowest BCUT2D eigenvalue weighted by atomic mass is 9.88. The second kappa shape index (κ2) is 26.7. The van der Waals surface area contributed by atoms with Crippen molar-refractivity contribution >= 4 is 91.3 Å². The Labute approximate surface area is 546 Å². The van der Waals surface area contributed by atoms with E-state index in [-0.39, 0.29) is 13.9 Å². The minimum atomic E-state index is -1.84. The number of carbonyl (C=O) groups is 1. The van der Waals surface area contributed by atoms with E-state index in [4.69, 9.17) is 0 Å². The molecule has 2 aliphatic heterocycles. The van der Waals surface area contributed by atoms with Crippen molar-refractivity contribution in [2.75, 3.05) is 23.0 Å².